The van der Waals surface area contributed by atoms with Gasteiger partial charge < -0.3 is 4.74 Å². The molecule has 0 saturated carbocycles. The van der Waals surface area contributed by atoms with E-state index >= 15 is 0 Å². The van der Waals surface area contributed by atoms with Gasteiger partial charge in [0.1, 0.15) is 11.4 Å². The third-order valence-electron chi connectivity index (χ3n) is 4.49. The topological polar surface area (TPSA) is 39.4 Å². The first-order valence-electron chi connectivity index (χ1n) is 8.97. The minimum absolute atomic E-state index is 0.601. The van der Waals surface area contributed by atoms with E-state index in [-0.39, 0.29) is 0 Å². The van der Waals surface area contributed by atoms with Crippen molar-refractivity contribution >= 4 is 55.3 Å². The molecule has 2 heterocycles. The molecule has 0 aliphatic rings. The Kier molecular flexibility index (Phi) is 4.66. The van der Waals surface area contributed by atoms with Crippen molar-refractivity contribution in [3.8, 4) is 5.75 Å². The Bertz CT molecular complexity index is 1300. The first kappa shape index (κ1) is 17.5. The van der Waals surface area contributed by atoms with E-state index in [2.05, 4.69) is 32.5 Å². The summed E-state index contributed by atoms with van der Waals surface area (Å²) in [5.41, 5.74) is 3.96. The maximum absolute atomic E-state index is 5.87. The molecule has 0 bridgehead atoms. The molecule has 6 heteroatoms. The number of benzene rings is 3. The van der Waals surface area contributed by atoms with Gasteiger partial charge in [-0.25, -0.2) is 9.97 Å². The minimum atomic E-state index is 0.601. The molecule has 0 aliphatic heterocycles. The molecule has 0 amide bonds. The third-order valence-corrected chi connectivity index (χ3v) is 5.89. The lowest BCUT2D eigenvalue weighted by atomic mass is 10.2. The number of nitrogens with zero attached hydrogens (tertiary/aromatic N) is 3. The first-order valence-corrected chi connectivity index (χ1v) is 10.7. The van der Waals surface area contributed by atoms with Crippen LogP contribution in [0.25, 0.3) is 27.6 Å². The van der Waals surface area contributed by atoms with E-state index in [1.165, 1.54) is 0 Å². The van der Waals surface area contributed by atoms with Crippen LogP contribution in [0.1, 0.15) is 0 Å². The monoisotopic (exact) mass is 449 g/mol. The molecule has 3 aromatic carbocycles. The highest BCUT2D eigenvalue weighted by Gasteiger charge is 2.13. The molecule has 0 fully saturated rings. The molecular formula is C22H16BrN3OS. The van der Waals surface area contributed by atoms with E-state index in [1.807, 2.05) is 60.7 Å². The number of ether oxygens (including phenoxy) is 1. The zero-order valence-corrected chi connectivity index (χ0v) is 17.3. The molecule has 0 saturated heterocycles. The van der Waals surface area contributed by atoms with Gasteiger partial charge in [-0.2, -0.15) is 0 Å². The summed E-state index contributed by atoms with van der Waals surface area (Å²) in [7, 11) is 0. The van der Waals surface area contributed by atoms with E-state index < -0.39 is 0 Å². The van der Waals surface area contributed by atoms with Crippen LogP contribution in [0.2, 0.25) is 0 Å². The van der Waals surface area contributed by atoms with Gasteiger partial charge in [-0.15, -0.1) is 0 Å². The van der Waals surface area contributed by atoms with E-state index in [1.54, 1.807) is 11.8 Å². The van der Waals surface area contributed by atoms with Crippen LogP contribution >= 0.6 is 27.7 Å². The van der Waals surface area contributed by atoms with Crippen LogP contribution in [0, 0.1) is 0 Å². The average molecular weight is 450 g/mol. The molecule has 5 aromatic rings. The Hall–Kier alpha value is -2.57. The predicted molar refractivity (Wildman–Crippen MR) is 118 cm³/mol. The maximum Gasteiger partial charge on any atom is 0.174 e. The molecule has 0 radical (unpaired) electrons. The number of aromatic nitrogens is 3. The third kappa shape index (κ3) is 3.23. The second-order valence-corrected chi connectivity index (χ2v) is 8.30. The molecule has 5 rings (SSSR count). The molecule has 4 nitrogen and oxygen atoms in total. The summed E-state index contributed by atoms with van der Waals surface area (Å²) in [6.07, 6.45) is 0. The molecule has 0 atom stereocenters. The van der Waals surface area contributed by atoms with Gasteiger partial charge in [-0.1, -0.05) is 58.0 Å². The van der Waals surface area contributed by atoms with Crippen molar-refractivity contribution in [3.05, 3.63) is 77.3 Å². The van der Waals surface area contributed by atoms with Crippen molar-refractivity contribution in [3.63, 3.8) is 0 Å². The van der Waals surface area contributed by atoms with Gasteiger partial charge in [0.05, 0.1) is 23.2 Å². The number of hydrogen-bond donors (Lipinski definition) is 0. The second kappa shape index (κ2) is 7.45. The number of rotatable bonds is 5. The molecular weight excluding hydrogens is 434 g/mol. The van der Waals surface area contributed by atoms with Gasteiger partial charge >= 0.3 is 0 Å². The number of para-hydroxylation sites is 3. The van der Waals surface area contributed by atoms with Gasteiger partial charge in [-0.3, -0.25) is 4.40 Å². The van der Waals surface area contributed by atoms with Crippen molar-refractivity contribution < 1.29 is 4.74 Å². The quantitative estimate of drug-likeness (QED) is 0.188. The van der Waals surface area contributed by atoms with Gasteiger partial charge in [0.25, 0.3) is 0 Å². The Morgan fingerprint density at radius 3 is 2.61 bits per heavy atom. The summed E-state index contributed by atoms with van der Waals surface area (Å²) in [5.74, 6) is 1.65. The summed E-state index contributed by atoms with van der Waals surface area (Å²) >= 11 is 5.15. The maximum atomic E-state index is 5.87. The lowest BCUT2D eigenvalue weighted by Gasteiger charge is -2.09. The standard InChI is InChI=1S/C22H16BrN3OS/c23-15-6-5-7-16(14-15)27-12-13-28-22-25-18-9-2-1-8-17(18)21-24-19-10-3-4-11-20(19)26(21)22/h1-11,14H,12-13H2. The van der Waals surface area contributed by atoms with Crippen molar-refractivity contribution in [2.45, 2.75) is 5.16 Å². The molecule has 138 valence electrons. The summed E-state index contributed by atoms with van der Waals surface area (Å²) in [5, 5.41) is 1.99. The van der Waals surface area contributed by atoms with Crippen molar-refractivity contribution in [1.82, 2.24) is 14.4 Å². The van der Waals surface area contributed by atoms with Gasteiger partial charge in [0.2, 0.25) is 0 Å². The van der Waals surface area contributed by atoms with Gasteiger partial charge in [0, 0.05) is 15.6 Å². The summed E-state index contributed by atoms with van der Waals surface area (Å²) in [6.45, 7) is 0.601. The second-order valence-electron chi connectivity index (χ2n) is 6.33. The van der Waals surface area contributed by atoms with Gasteiger partial charge in [-0.05, 0) is 42.5 Å². The van der Waals surface area contributed by atoms with E-state index in [0.29, 0.717) is 6.61 Å². The van der Waals surface area contributed by atoms with Crippen LogP contribution < -0.4 is 4.74 Å². The zero-order valence-electron chi connectivity index (χ0n) is 14.9. The highest BCUT2D eigenvalue weighted by Crippen LogP contribution is 2.29. The molecule has 2 aromatic heterocycles. The van der Waals surface area contributed by atoms with E-state index in [0.717, 1.165) is 48.7 Å². The van der Waals surface area contributed by atoms with Crippen LogP contribution in [0.15, 0.2) is 82.4 Å². The minimum Gasteiger partial charge on any atom is -0.493 e. The van der Waals surface area contributed by atoms with E-state index in [4.69, 9.17) is 14.7 Å². The number of hydrogen-bond acceptors (Lipinski definition) is 4. The smallest absolute Gasteiger partial charge is 0.174 e. The average Bonchev–Trinajstić information content (AvgIpc) is 3.11. The van der Waals surface area contributed by atoms with Crippen LogP contribution in [0.4, 0.5) is 0 Å². The summed E-state index contributed by atoms with van der Waals surface area (Å²) in [4.78, 5) is 9.77. The molecule has 28 heavy (non-hydrogen) atoms. The fraction of sp³-hybridized carbons (Fsp3) is 0.0909. The predicted octanol–water partition coefficient (Wildman–Crippen LogP) is 5.97. The summed E-state index contributed by atoms with van der Waals surface area (Å²) < 4.78 is 9.04. The molecule has 0 N–H and O–H groups in total. The first-order chi connectivity index (χ1) is 13.8. The van der Waals surface area contributed by atoms with E-state index in [9.17, 15) is 0 Å². The largest absolute Gasteiger partial charge is 0.493 e. The molecule has 0 spiro atoms. The lowest BCUT2D eigenvalue weighted by Crippen LogP contribution is -2.03. The fourth-order valence-electron chi connectivity index (χ4n) is 3.26. The molecule has 0 unspecified atom stereocenters. The number of fused-ring (bicyclic) bond motifs is 5. The SMILES string of the molecule is Brc1cccc(OCCSc2nc3ccccc3c3nc4ccccc4n23)c1. The van der Waals surface area contributed by atoms with Crippen LogP contribution in [-0.4, -0.2) is 26.7 Å². The Morgan fingerprint density at radius 1 is 0.893 bits per heavy atom. The fourth-order valence-corrected chi connectivity index (χ4v) is 4.46. The highest BCUT2D eigenvalue weighted by molar-refractivity contribution is 9.10. The lowest BCUT2D eigenvalue weighted by molar-refractivity contribution is 0.343. The van der Waals surface area contributed by atoms with Crippen molar-refractivity contribution in [1.29, 1.82) is 0 Å². The number of imidazole rings is 1. The number of halogens is 1. The van der Waals surface area contributed by atoms with Crippen LogP contribution in [0.5, 0.6) is 5.75 Å². The Labute approximate surface area is 174 Å². The highest BCUT2D eigenvalue weighted by atomic mass is 79.9. The van der Waals surface area contributed by atoms with Crippen molar-refractivity contribution in [2.75, 3.05) is 12.4 Å². The summed E-state index contributed by atoms with van der Waals surface area (Å²) in [6, 6.07) is 24.2. The van der Waals surface area contributed by atoms with Crippen LogP contribution in [0.3, 0.4) is 0 Å². The van der Waals surface area contributed by atoms with Crippen LogP contribution in [-0.2, 0) is 0 Å². The Morgan fingerprint density at radius 2 is 1.71 bits per heavy atom. The Balaban J connectivity index is 1.49. The number of thioether (sulfide) groups is 1. The zero-order chi connectivity index (χ0) is 18.9. The van der Waals surface area contributed by atoms with Crippen molar-refractivity contribution in [2.24, 2.45) is 0 Å². The van der Waals surface area contributed by atoms with Gasteiger partial charge in [0.15, 0.2) is 5.16 Å². The molecule has 0 aliphatic carbocycles. The normalized spacial score (nSPS) is 11.5.